The van der Waals surface area contributed by atoms with E-state index in [2.05, 4.69) is 34.9 Å². The van der Waals surface area contributed by atoms with Crippen molar-refractivity contribution in [2.24, 2.45) is 5.92 Å². The van der Waals surface area contributed by atoms with Gasteiger partial charge in [0.25, 0.3) is 0 Å². The van der Waals surface area contributed by atoms with E-state index < -0.39 is 0 Å². The molecule has 30 heavy (non-hydrogen) atoms. The van der Waals surface area contributed by atoms with Gasteiger partial charge in [0.1, 0.15) is 6.54 Å². The van der Waals surface area contributed by atoms with Gasteiger partial charge in [-0.15, -0.1) is 0 Å². The molecule has 0 bridgehead atoms. The molecule has 4 rings (SSSR count). The van der Waals surface area contributed by atoms with Crippen LogP contribution in [0.4, 0.5) is 0 Å². The van der Waals surface area contributed by atoms with Gasteiger partial charge in [-0.3, -0.25) is 4.79 Å². The van der Waals surface area contributed by atoms with Gasteiger partial charge < -0.3 is 15.2 Å². The van der Waals surface area contributed by atoms with E-state index in [4.69, 9.17) is 11.6 Å². The number of nitrogens with zero attached hydrogens (tertiary/aromatic N) is 1. The van der Waals surface area contributed by atoms with E-state index in [9.17, 15) is 4.79 Å². The highest BCUT2D eigenvalue weighted by Gasteiger charge is 2.13. The topological polar surface area (TPSA) is 46.1 Å². The summed E-state index contributed by atoms with van der Waals surface area (Å²) >= 11 is 6.05. The lowest BCUT2D eigenvalue weighted by atomic mass is 9.89. The van der Waals surface area contributed by atoms with Gasteiger partial charge in [-0.05, 0) is 49.1 Å². The first kappa shape index (κ1) is 21.0. The van der Waals surface area contributed by atoms with Crippen LogP contribution in [0.1, 0.15) is 32.1 Å². The van der Waals surface area contributed by atoms with E-state index in [1.165, 1.54) is 32.1 Å². The summed E-state index contributed by atoms with van der Waals surface area (Å²) in [6.45, 7) is 2.87. The molecule has 1 aliphatic rings. The highest BCUT2D eigenvalue weighted by molar-refractivity contribution is 6.30. The molecule has 1 amide bonds. The summed E-state index contributed by atoms with van der Waals surface area (Å²) in [7, 11) is 0. The third-order valence-electron chi connectivity index (χ3n) is 6.04. The molecule has 5 heteroatoms. The standard InChI is InChI=1S/C25H30ClN3O/c26-22-11-9-20(10-12-22)23-8-4-7-21-13-16-29(25(21)23)18-24(30)28-15-14-27-17-19-5-2-1-3-6-19/h4,7-13,16,19,27H,1-3,5-6,14-15,17-18H2,(H,28,30). The Morgan fingerprint density at radius 3 is 2.60 bits per heavy atom. The Morgan fingerprint density at radius 2 is 1.80 bits per heavy atom. The van der Waals surface area contributed by atoms with Crippen LogP contribution in [-0.4, -0.2) is 30.1 Å². The van der Waals surface area contributed by atoms with Gasteiger partial charge in [-0.25, -0.2) is 0 Å². The van der Waals surface area contributed by atoms with E-state index in [1.54, 1.807) is 0 Å². The molecule has 0 atom stereocenters. The maximum Gasteiger partial charge on any atom is 0.239 e. The fourth-order valence-corrected chi connectivity index (χ4v) is 4.58. The number of hydrogen-bond acceptors (Lipinski definition) is 2. The Bertz CT molecular complexity index is 974. The van der Waals surface area contributed by atoms with E-state index in [-0.39, 0.29) is 5.91 Å². The number of halogens is 1. The molecule has 0 saturated heterocycles. The molecule has 1 aromatic heterocycles. The maximum atomic E-state index is 12.5. The second-order valence-electron chi connectivity index (χ2n) is 8.25. The van der Waals surface area contributed by atoms with Crippen LogP contribution < -0.4 is 10.6 Å². The monoisotopic (exact) mass is 423 g/mol. The van der Waals surface area contributed by atoms with Gasteiger partial charge in [0.2, 0.25) is 5.91 Å². The smallest absolute Gasteiger partial charge is 0.239 e. The summed E-state index contributed by atoms with van der Waals surface area (Å²) in [4.78, 5) is 12.5. The maximum absolute atomic E-state index is 12.5. The van der Waals surface area contributed by atoms with Crippen LogP contribution in [0.2, 0.25) is 5.02 Å². The Morgan fingerprint density at radius 1 is 1.00 bits per heavy atom. The molecule has 4 nitrogen and oxygen atoms in total. The molecule has 1 aliphatic carbocycles. The molecule has 0 aliphatic heterocycles. The van der Waals surface area contributed by atoms with Crippen LogP contribution in [0.5, 0.6) is 0 Å². The molecular formula is C25H30ClN3O. The summed E-state index contributed by atoms with van der Waals surface area (Å²) in [6.07, 6.45) is 8.80. The van der Waals surface area contributed by atoms with Crippen molar-refractivity contribution in [1.82, 2.24) is 15.2 Å². The van der Waals surface area contributed by atoms with Crippen molar-refractivity contribution in [3.05, 3.63) is 59.8 Å². The zero-order chi connectivity index (χ0) is 20.8. The number of carbonyl (C=O) groups excluding carboxylic acids is 1. The number of fused-ring (bicyclic) bond motifs is 1. The van der Waals surface area contributed by atoms with Gasteiger partial charge in [0.05, 0.1) is 5.52 Å². The van der Waals surface area contributed by atoms with E-state index in [0.29, 0.717) is 13.1 Å². The molecule has 0 radical (unpaired) electrons. The van der Waals surface area contributed by atoms with Crippen LogP contribution in [-0.2, 0) is 11.3 Å². The minimum absolute atomic E-state index is 0.0397. The first-order valence-electron chi connectivity index (χ1n) is 11.0. The lowest BCUT2D eigenvalue weighted by Crippen LogP contribution is -2.35. The average molecular weight is 424 g/mol. The van der Waals surface area contributed by atoms with Gasteiger partial charge in [0, 0.05) is 35.3 Å². The summed E-state index contributed by atoms with van der Waals surface area (Å²) in [5.74, 6) is 0.852. The number of amides is 1. The van der Waals surface area contributed by atoms with E-state index in [0.717, 1.165) is 46.1 Å². The first-order valence-corrected chi connectivity index (χ1v) is 11.4. The first-order chi connectivity index (χ1) is 14.7. The third-order valence-corrected chi connectivity index (χ3v) is 6.29. The van der Waals surface area contributed by atoms with Gasteiger partial charge in [0.15, 0.2) is 0 Å². The number of nitrogens with one attached hydrogen (secondary N) is 2. The number of benzene rings is 2. The Labute approximate surface area is 183 Å². The fourth-order valence-electron chi connectivity index (χ4n) is 4.45. The van der Waals surface area contributed by atoms with Gasteiger partial charge >= 0.3 is 0 Å². The molecule has 1 saturated carbocycles. The summed E-state index contributed by atoms with van der Waals surface area (Å²) < 4.78 is 2.03. The van der Waals surface area contributed by atoms with E-state index in [1.807, 2.05) is 35.0 Å². The van der Waals surface area contributed by atoms with E-state index >= 15 is 0 Å². The zero-order valence-electron chi connectivity index (χ0n) is 17.4. The van der Waals surface area contributed by atoms with Gasteiger partial charge in [-0.2, -0.15) is 0 Å². The molecule has 2 aromatic carbocycles. The highest BCUT2D eigenvalue weighted by Crippen LogP contribution is 2.30. The summed E-state index contributed by atoms with van der Waals surface area (Å²) in [5, 5.41) is 8.40. The number of para-hydroxylation sites is 1. The molecule has 1 heterocycles. The molecular weight excluding hydrogens is 394 g/mol. The zero-order valence-corrected chi connectivity index (χ0v) is 18.1. The van der Waals surface area contributed by atoms with Crippen LogP contribution >= 0.6 is 11.6 Å². The molecule has 158 valence electrons. The molecule has 0 spiro atoms. The summed E-state index contributed by atoms with van der Waals surface area (Å²) in [6, 6.07) is 16.1. The second-order valence-corrected chi connectivity index (χ2v) is 8.69. The predicted octanol–water partition coefficient (Wildman–Crippen LogP) is 5.25. The van der Waals surface area contributed by atoms with Crippen molar-refractivity contribution >= 4 is 28.4 Å². The van der Waals surface area contributed by atoms with Crippen molar-refractivity contribution in [2.45, 2.75) is 38.6 Å². The lowest BCUT2D eigenvalue weighted by molar-refractivity contribution is -0.121. The summed E-state index contributed by atoms with van der Waals surface area (Å²) in [5.41, 5.74) is 3.28. The Hall–Kier alpha value is -2.30. The average Bonchev–Trinajstić information content (AvgIpc) is 3.18. The van der Waals surface area contributed by atoms with Crippen molar-refractivity contribution < 1.29 is 4.79 Å². The van der Waals surface area contributed by atoms with Crippen molar-refractivity contribution in [3.63, 3.8) is 0 Å². The Balaban J connectivity index is 1.34. The van der Waals surface area contributed by atoms with Crippen molar-refractivity contribution in [2.75, 3.05) is 19.6 Å². The quantitative estimate of drug-likeness (QED) is 0.486. The third kappa shape index (κ3) is 5.24. The van der Waals surface area contributed by atoms with Crippen LogP contribution in [0, 0.1) is 5.92 Å². The lowest BCUT2D eigenvalue weighted by Gasteiger charge is -2.21. The highest BCUT2D eigenvalue weighted by atomic mass is 35.5. The Kier molecular flexibility index (Phi) is 7.08. The predicted molar refractivity (Wildman–Crippen MR) is 125 cm³/mol. The van der Waals surface area contributed by atoms with Crippen LogP contribution in [0.3, 0.4) is 0 Å². The largest absolute Gasteiger partial charge is 0.353 e. The van der Waals surface area contributed by atoms with Crippen molar-refractivity contribution in [3.8, 4) is 11.1 Å². The molecule has 3 aromatic rings. The molecule has 0 unspecified atom stereocenters. The minimum Gasteiger partial charge on any atom is -0.353 e. The fraction of sp³-hybridized carbons (Fsp3) is 0.400. The SMILES string of the molecule is O=C(Cn1ccc2cccc(-c3ccc(Cl)cc3)c21)NCCNCC1CCCCC1. The van der Waals surface area contributed by atoms with Gasteiger partial charge in [-0.1, -0.05) is 61.2 Å². The minimum atomic E-state index is 0.0397. The normalized spacial score (nSPS) is 14.8. The van der Waals surface area contributed by atoms with Crippen molar-refractivity contribution in [1.29, 1.82) is 0 Å². The molecule has 1 fully saturated rings. The second kappa shape index (κ2) is 10.1. The van der Waals surface area contributed by atoms with Crippen LogP contribution in [0.15, 0.2) is 54.7 Å². The number of hydrogen-bond donors (Lipinski definition) is 2. The molecule has 2 N–H and O–H groups in total. The number of aromatic nitrogens is 1. The van der Waals surface area contributed by atoms with Crippen LogP contribution in [0.25, 0.3) is 22.0 Å². The number of rotatable bonds is 8. The number of carbonyl (C=O) groups is 1.